The summed E-state index contributed by atoms with van der Waals surface area (Å²) in [5.74, 6) is -1.33. The lowest BCUT2D eigenvalue weighted by molar-refractivity contribution is -0.123. The monoisotopic (exact) mass is 742 g/mol. The number of amides is 3. The summed E-state index contributed by atoms with van der Waals surface area (Å²) in [4.78, 5) is 85.3. The molecule has 7 N–H and O–H groups in total. The van der Waals surface area contributed by atoms with Gasteiger partial charge in [-0.3, -0.25) is 33.9 Å². The highest BCUT2D eigenvalue weighted by Crippen LogP contribution is 2.58. The molecule has 0 bridgehead atoms. The number of carbonyl (C=O) groups is 3. The normalized spacial score (nSPS) is 16.4. The van der Waals surface area contributed by atoms with Crippen molar-refractivity contribution < 1.29 is 57.1 Å². The third kappa shape index (κ3) is 14.5. The number of rotatable bonds is 15. The third-order valence-corrected chi connectivity index (χ3v) is 10.7. The number of ether oxygens (including phenoxy) is 1. The van der Waals surface area contributed by atoms with Crippen molar-refractivity contribution in [3.05, 3.63) is 60.2 Å². The molecule has 2 heterocycles. The molecule has 1 fully saturated rings. The van der Waals surface area contributed by atoms with Crippen molar-refractivity contribution in [1.82, 2.24) is 30.8 Å². The minimum Gasteiger partial charge on any atom is -0.448 e. The minimum atomic E-state index is -5.35. The number of nitrogens with one attached hydrogen (secondary N) is 3. The second kappa shape index (κ2) is 20.0. The molecule has 50 heavy (non-hydrogen) atoms. The number of hydrogen-bond donors (Lipinski definition) is 7. The van der Waals surface area contributed by atoms with Gasteiger partial charge in [-0.05, 0) is 30.7 Å². The van der Waals surface area contributed by atoms with Gasteiger partial charge in [-0.1, -0.05) is 44.2 Å². The van der Waals surface area contributed by atoms with Crippen LogP contribution in [0.4, 0.5) is 4.79 Å². The highest BCUT2D eigenvalue weighted by atomic mass is 31.2. The molecule has 18 nitrogen and oxygen atoms in total. The number of hydrogen-bond acceptors (Lipinski definition) is 11. The average molecular weight is 742 g/mol. The van der Waals surface area contributed by atoms with Crippen molar-refractivity contribution in [1.29, 1.82) is 0 Å². The van der Waals surface area contributed by atoms with Crippen LogP contribution in [0.5, 0.6) is 0 Å². The standard InChI is InChI=1S/C29H45BN6O12P2/c1-21(2)18-25(34-26(37)23(19-22-8-4-3-5-9-22)33-27(38)24-20-31-10-11-32-24)30-47-15-6-12-36(13-7-16-48-30)14-17-46-28(39)35-29(49(40,41)42)50(43,44)45/h3-5,8-11,20-21,23,25,29H,6-7,12-19H2,1-2H3,(H,33,38)(H,34,37)(H,35,39)(H2,40,41,42)(H2,43,44,45)/t23-,25-/m0/s1. The van der Waals surface area contributed by atoms with Crippen LogP contribution in [0.15, 0.2) is 48.9 Å². The van der Waals surface area contributed by atoms with Gasteiger partial charge in [0.1, 0.15) is 18.3 Å². The molecule has 2 aromatic rings. The Morgan fingerprint density at radius 2 is 1.60 bits per heavy atom. The smallest absolute Gasteiger partial charge is 0.448 e. The number of aromatic nitrogens is 2. The van der Waals surface area contributed by atoms with E-state index in [1.54, 1.807) is 5.32 Å². The molecular formula is C29H45BN6O12P2. The summed E-state index contributed by atoms with van der Waals surface area (Å²) in [6.07, 6.45) is 4.62. The topological polar surface area (TPSA) is 259 Å². The summed E-state index contributed by atoms with van der Waals surface area (Å²) in [6, 6.07) is 8.36. The predicted molar refractivity (Wildman–Crippen MR) is 181 cm³/mol. The van der Waals surface area contributed by atoms with Crippen molar-refractivity contribution >= 4 is 40.2 Å². The first kappa shape index (κ1) is 41.2. The maximum Gasteiger partial charge on any atom is 0.480 e. The van der Waals surface area contributed by atoms with Gasteiger partial charge < -0.3 is 44.3 Å². The van der Waals surface area contributed by atoms with Gasteiger partial charge in [-0.15, -0.1) is 0 Å². The van der Waals surface area contributed by atoms with E-state index >= 15 is 0 Å². The molecule has 0 saturated carbocycles. The van der Waals surface area contributed by atoms with Gasteiger partial charge in [0.2, 0.25) is 11.4 Å². The molecule has 3 amide bonds. The SMILES string of the molecule is CC(C)C[C@H](NC(=O)[C@H](Cc1ccccc1)NC(=O)c1cnccn1)B1OCCCN(CCOC(=O)NC(P(=O)(O)O)P(=O)(O)O)CCCO1. The summed E-state index contributed by atoms with van der Waals surface area (Å²) in [6.45, 7) is 5.60. The van der Waals surface area contributed by atoms with Crippen LogP contribution in [0.2, 0.25) is 0 Å². The van der Waals surface area contributed by atoms with Crippen molar-refractivity contribution in [2.24, 2.45) is 5.92 Å². The average Bonchev–Trinajstić information content (AvgIpc) is 3.05. The van der Waals surface area contributed by atoms with Gasteiger partial charge in [-0.2, -0.15) is 0 Å². The van der Waals surface area contributed by atoms with Gasteiger partial charge >= 0.3 is 28.4 Å². The first-order valence-corrected chi connectivity index (χ1v) is 19.4. The third-order valence-electron chi connectivity index (χ3n) is 7.41. The van der Waals surface area contributed by atoms with E-state index in [0.717, 1.165) is 5.56 Å². The molecule has 2 atom stereocenters. The summed E-state index contributed by atoms with van der Waals surface area (Å²) in [7, 11) is -11.5. The van der Waals surface area contributed by atoms with E-state index in [0.29, 0.717) is 32.4 Å². The van der Waals surface area contributed by atoms with E-state index in [2.05, 4.69) is 20.6 Å². The molecule has 0 spiro atoms. The fraction of sp³-hybridized carbons (Fsp3) is 0.552. The molecule has 276 valence electrons. The number of benzene rings is 1. The van der Waals surface area contributed by atoms with E-state index in [1.165, 1.54) is 18.6 Å². The van der Waals surface area contributed by atoms with Crippen LogP contribution >= 0.6 is 15.2 Å². The molecule has 21 heteroatoms. The number of alkyl carbamates (subject to hydrolysis) is 1. The Hall–Kier alpha value is -3.25. The summed E-state index contributed by atoms with van der Waals surface area (Å²) in [5, 5.41) is 7.40. The Labute approximate surface area is 290 Å². The van der Waals surface area contributed by atoms with Crippen LogP contribution in [-0.4, -0.2) is 116 Å². The molecule has 1 aliphatic rings. The Morgan fingerprint density at radius 3 is 2.16 bits per heavy atom. The molecule has 1 saturated heterocycles. The second-order valence-electron chi connectivity index (χ2n) is 12.0. The first-order valence-electron chi connectivity index (χ1n) is 16.0. The van der Waals surface area contributed by atoms with Gasteiger partial charge in [-0.25, -0.2) is 9.78 Å². The van der Waals surface area contributed by atoms with Crippen LogP contribution in [-0.2, 0) is 34.4 Å². The van der Waals surface area contributed by atoms with Crippen molar-refractivity contribution in [2.75, 3.05) is 39.5 Å². The lowest BCUT2D eigenvalue weighted by Gasteiger charge is -2.30. The Balaban J connectivity index is 1.58. The summed E-state index contributed by atoms with van der Waals surface area (Å²) >= 11 is 0. The van der Waals surface area contributed by atoms with Crippen LogP contribution in [0, 0.1) is 5.92 Å². The van der Waals surface area contributed by atoms with Crippen molar-refractivity contribution in [2.45, 2.75) is 57.0 Å². The Kier molecular flexibility index (Phi) is 16.4. The molecule has 3 rings (SSSR count). The van der Waals surface area contributed by atoms with Crippen molar-refractivity contribution in [3.8, 4) is 0 Å². The molecule has 1 aromatic heterocycles. The quantitative estimate of drug-likeness (QED) is 0.0987. The maximum atomic E-state index is 13.8. The van der Waals surface area contributed by atoms with E-state index in [9.17, 15) is 23.5 Å². The fourth-order valence-corrected chi connectivity index (χ4v) is 7.22. The summed E-state index contributed by atoms with van der Waals surface area (Å²) < 4.78 is 39.9. The Morgan fingerprint density at radius 1 is 0.960 bits per heavy atom. The van der Waals surface area contributed by atoms with Crippen LogP contribution in [0.1, 0.15) is 49.2 Å². The van der Waals surface area contributed by atoms with E-state index in [1.807, 2.05) is 49.1 Å². The molecule has 1 aliphatic heterocycles. The van der Waals surface area contributed by atoms with E-state index in [4.69, 9.17) is 33.6 Å². The molecule has 0 radical (unpaired) electrons. The zero-order valence-corrected chi connectivity index (χ0v) is 29.7. The van der Waals surface area contributed by atoms with E-state index < -0.39 is 57.7 Å². The van der Waals surface area contributed by atoms with Crippen molar-refractivity contribution in [3.63, 3.8) is 0 Å². The first-order chi connectivity index (χ1) is 23.6. The zero-order valence-electron chi connectivity index (χ0n) is 27.9. The number of nitrogens with zero attached hydrogens (tertiary/aromatic N) is 3. The van der Waals surface area contributed by atoms with Gasteiger partial charge in [0.15, 0.2) is 0 Å². The van der Waals surface area contributed by atoms with Crippen LogP contribution in [0.25, 0.3) is 0 Å². The predicted octanol–water partition coefficient (Wildman–Crippen LogP) is 0.870. The molecular weight excluding hydrogens is 697 g/mol. The minimum absolute atomic E-state index is 0.0772. The van der Waals surface area contributed by atoms with Gasteiger partial charge in [0.25, 0.3) is 5.91 Å². The molecule has 1 aromatic carbocycles. The van der Waals surface area contributed by atoms with Gasteiger partial charge in [0.05, 0.1) is 12.1 Å². The van der Waals surface area contributed by atoms with Crippen LogP contribution < -0.4 is 16.0 Å². The Bertz CT molecular complexity index is 1440. The van der Waals surface area contributed by atoms with Crippen LogP contribution in [0.3, 0.4) is 0 Å². The lowest BCUT2D eigenvalue weighted by Crippen LogP contribution is -2.56. The highest BCUT2D eigenvalue weighted by molar-refractivity contribution is 7.70. The van der Waals surface area contributed by atoms with E-state index in [-0.39, 0.29) is 44.4 Å². The fourth-order valence-electron chi connectivity index (χ4n) is 5.11. The molecule has 0 unspecified atom stereocenters. The highest BCUT2D eigenvalue weighted by Gasteiger charge is 2.45. The zero-order chi connectivity index (χ0) is 36.7. The maximum absolute atomic E-state index is 13.8. The lowest BCUT2D eigenvalue weighted by atomic mass is 9.73. The largest absolute Gasteiger partial charge is 0.480 e. The van der Waals surface area contributed by atoms with Gasteiger partial charge in [0, 0.05) is 51.7 Å². The number of carbonyl (C=O) groups excluding carboxylic acids is 3. The summed E-state index contributed by atoms with van der Waals surface area (Å²) in [5.41, 5.74) is -1.78. The second-order valence-corrected chi connectivity index (χ2v) is 15.8. The molecule has 0 aliphatic carbocycles.